The van der Waals surface area contributed by atoms with Crippen LogP contribution in [0.3, 0.4) is 0 Å². The Morgan fingerprint density at radius 1 is 0.446 bits per heavy atom. The van der Waals surface area contributed by atoms with Gasteiger partial charge in [0, 0.05) is 56.0 Å². The molecular formula is C63H69FN6O4. The molecule has 3 aliphatic heterocycles. The van der Waals surface area contributed by atoms with E-state index in [0.29, 0.717) is 51.7 Å². The fourth-order valence-corrected chi connectivity index (χ4v) is 9.29. The molecule has 10 nitrogen and oxygen atoms in total. The number of rotatable bonds is 8. The number of hydrogen-bond donors (Lipinski definition) is 0. The monoisotopic (exact) mass is 993 g/mol. The Hall–Kier alpha value is -7.53. The lowest BCUT2D eigenvalue weighted by Crippen LogP contribution is -2.38. The highest BCUT2D eigenvalue weighted by molar-refractivity contribution is 5.94. The van der Waals surface area contributed by atoms with Crippen LogP contribution in [0.4, 0.5) is 4.39 Å². The SMILES string of the molecule is CC1CCN(C(=O)c2cccc(-c3ccccc3Oc3ccccc3)n2)CC1.Cc1ccc(-c2cccc(C(=O)N3CCC(C)CC3)n2)cc1C.Cc1ccc(-c2cccc(C(=O)N3CCC(C)CC3)n2)cc1F. The quantitative estimate of drug-likeness (QED) is 0.149. The number of para-hydroxylation sites is 2. The number of carbonyl (C=O) groups is 3. The van der Waals surface area contributed by atoms with Gasteiger partial charge in [-0.3, -0.25) is 14.4 Å². The maximum absolute atomic E-state index is 13.7. The molecule has 11 heteroatoms. The Morgan fingerprint density at radius 3 is 1.31 bits per heavy atom. The number of carbonyl (C=O) groups excluding carboxylic acids is 3. The van der Waals surface area contributed by atoms with E-state index >= 15 is 0 Å². The second kappa shape index (κ2) is 24.9. The molecule has 74 heavy (non-hydrogen) atoms. The minimum absolute atomic E-state index is 0.00945. The van der Waals surface area contributed by atoms with Crippen molar-refractivity contribution in [3.63, 3.8) is 0 Å². The third-order valence-corrected chi connectivity index (χ3v) is 14.5. The van der Waals surface area contributed by atoms with E-state index in [-0.39, 0.29) is 23.5 Å². The van der Waals surface area contributed by atoms with Crippen LogP contribution in [0.1, 0.15) is 107 Å². The smallest absolute Gasteiger partial charge is 0.272 e. The second-order valence-electron chi connectivity index (χ2n) is 20.3. The van der Waals surface area contributed by atoms with E-state index in [1.54, 1.807) is 37.3 Å². The molecule has 10 rings (SSSR count). The number of aromatic nitrogens is 3. The van der Waals surface area contributed by atoms with Crippen LogP contribution in [0, 0.1) is 44.3 Å². The number of ether oxygens (including phenoxy) is 1. The van der Waals surface area contributed by atoms with Crippen molar-refractivity contribution in [1.82, 2.24) is 29.7 Å². The largest absolute Gasteiger partial charge is 0.457 e. The van der Waals surface area contributed by atoms with Gasteiger partial charge in [-0.05, 0) is 167 Å². The Labute approximate surface area is 436 Å². The summed E-state index contributed by atoms with van der Waals surface area (Å²) in [6, 6.07) is 45.5. The Morgan fingerprint density at radius 2 is 0.851 bits per heavy atom. The van der Waals surface area contributed by atoms with Gasteiger partial charge < -0.3 is 19.4 Å². The zero-order chi connectivity index (χ0) is 52.1. The summed E-state index contributed by atoms with van der Waals surface area (Å²) in [4.78, 5) is 57.6. The first kappa shape index (κ1) is 52.8. The van der Waals surface area contributed by atoms with Gasteiger partial charge in [-0.1, -0.05) is 93.6 Å². The predicted octanol–water partition coefficient (Wildman–Crippen LogP) is 13.7. The van der Waals surface area contributed by atoms with Crippen LogP contribution in [-0.4, -0.2) is 86.6 Å². The molecule has 3 saturated heterocycles. The van der Waals surface area contributed by atoms with Gasteiger partial charge in [0.25, 0.3) is 17.7 Å². The molecule has 0 bridgehead atoms. The van der Waals surface area contributed by atoms with Crippen LogP contribution in [0.15, 0.2) is 146 Å². The van der Waals surface area contributed by atoms with Crippen molar-refractivity contribution in [2.75, 3.05) is 39.3 Å². The van der Waals surface area contributed by atoms with Gasteiger partial charge in [-0.25, -0.2) is 19.3 Å². The minimum atomic E-state index is -0.258. The molecule has 0 atom stereocenters. The van der Waals surface area contributed by atoms with E-state index < -0.39 is 0 Å². The molecule has 382 valence electrons. The summed E-state index contributed by atoms with van der Waals surface area (Å²) >= 11 is 0. The molecule has 6 heterocycles. The zero-order valence-electron chi connectivity index (χ0n) is 43.8. The number of halogens is 1. The molecule has 3 aliphatic rings. The Kier molecular flexibility index (Phi) is 17.8. The van der Waals surface area contributed by atoms with Crippen LogP contribution in [0.2, 0.25) is 0 Å². The summed E-state index contributed by atoms with van der Waals surface area (Å²) in [6.45, 7) is 17.5. The lowest BCUT2D eigenvalue weighted by molar-refractivity contribution is 0.0684. The topological polar surface area (TPSA) is 109 Å². The first-order valence-corrected chi connectivity index (χ1v) is 26.2. The fourth-order valence-electron chi connectivity index (χ4n) is 9.29. The highest BCUT2D eigenvalue weighted by Gasteiger charge is 2.25. The predicted molar refractivity (Wildman–Crippen MR) is 293 cm³/mol. The summed E-state index contributed by atoms with van der Waals surface area (Å²) in [7, 11) is 0. The van der Waals surface area contributed by atoms with Gasteiger partial charge in [0.15, 0.2) is 0 Å². The van der Waals surface area contributed by atoms with Crippen molar-refractivity contribution in [2.45, 2.75) is 80.1 Å². The fraction of sp³-hybridized carbons (Fsp3) is 0.333. The van der Waals surface area contributed by atoms with Crippen molar-refractivity contribution < 1.29 is 23.5 Å². The van der Waals surface area contributed by atoms with Crippen molar-refractivity contribution in [3.05, 3.63) is 185 Å². The molecule has 0 N–H and O–H groups in total. The van der Waals surface area contributed by atoms with Crippen molar-refractivity contribution in [2.24, 2.45) is 17.8 Å². The molecule has 3 fully saturated rings. The van der Waals surface area contributed by atoms with E-state index in [1.807, 2.05) is 106 Å². The number of nitrogens with zero attached hydrogens (tertiary/aromatic N) is 6. The Balaban J connectivity index is 0.000000149. The molecule has 7 aromatic rings. The average molecular weight is 993 g/mol. The van der Waals surface area contributed by atoms with Gasteiger partial charge in [-0.15, -0.1) is 0 Å². The van der Waals surface area contributed by atoms with Crippen LogP contribution >= 0.6 is 0 Å². The van der Waals surface area contributed by atoms with Crippen molar-refractivity contribution in [1.29, 1.82) is 0 Å². The molecule has 0 aliphatic carbocycles. The first-order chi connectivity index (χ1) is 35.8. The number of amides is 3. The second-order valence-corrected chi connectivity index (χ2v) is 20.3. The van der Waals surface area contributed by atoms with Gasteiger partial charge >= 0.3 is 0 Å². The third kappa shape index (κ3) is 13.7. The Bertz CT molecular complexity index is 2900. The lowest BCUT2D eigenvalue weighted by Gasteiger charge is -2.30. The number of pyridine rings is 3. The molecule has 0 radical (unpaired) electrons. The molecule has 3 amide bonds. The lowest BCUT2D eigenvalue weighted by atomic mass is 9.99. The summed E-state index contributed by atoms with van der Waals surface area (Å²) in [5.74, 6) is 3.34. The van der Waals surface area contributed by atoms with E-state index in [0.717, 1.165) is 112 Å². The first-order valence-electron chi connectivity index (χ1n) is 26.2. The number of benzene rings is 4. The van der Waals surface area contributed by atoms with Gasteiger partial charge in [0.1, 0.15) is 34.4 Å². The average Bonchev–Trinajstić information content (AvgIpc) is 3.43. The molecule has 0 unspecified atom stereocenters. The minimum Gasteiger partial charge on any atom is -0.457 e. The molecule has 3 aromatic heterocycles. The van der Waals surface area contributed by atoms with Gasteiger partial charge in [0.05, 0.1) is 17.1 Å². The van der Waals surface area contributed by atoms with Crippen molar-refractivity contribution >= 4 is 17.7 Å². The molecule has 0 spiro atoms. The normalized spacial score (nSPS) is 15.3. The summed E-state index contributed by atoms with van der Waals surface area (Å²) in [5.41, 5.74) is 9.43. The van der Waals surface area contributed by atoms with Crippen LogP contribution < -0.4 is 4.74 Å². The highest BCUT2D eigenvalue weighted by atomic mass is 19.1. The highest BCUT2D eigenvalue weighted by Crippen LogP contribution is 2.33. The number of aryl methyl sites for hydroxylation is 3. The summed E-state index contributed by atoms with van der Waals surface area (Å²) in [6.07, 6.45) is 6.35. The molecular weight excluding hydrogens is 924 g/mol. The van der Waals surface area contributed by atoms with Gasteiger partial charge in [0.2, 0.25) is 0 Å². The van der Waals surface area contributed by atoms with E-state index in [2.05, 4.69) is 67.8 Å². The van der Waals surface area contributed by atoms with Crippen LogP contribution in [0.5, 0.6) is 11.5 Å². The number of hydrogen-bond acceptors (Lipinski definition) is 7. The number of piperidine rings is 3. The number of likely N-dealkylation sites (tertiary alicyclic amines) is 3. The van der Waals surface area contributed by atoms with E-state index in [4.69, 9.17) is 4.74 Å². The summed E-state index contributed by atoms with van der Waals surface area (Å²) in [5, 5.41) is 0. The maximum Gasteiger partial charge on any atom is 0.272 e. The maximum atomic E-state index is 13.7. The standard InChI is InChI=1S/C24H24N2O2.C20H24N2O.C19H21FN2O/c1-18-14-16-26(17-15-18)24(27)22-12-7-11-21(25-22)20-10-5-6-13-23(20)28-19-8-3-2-4-9-19;1-14-9-11-22(12-10-14)20(23)19-6-4-5-18(21-19)17-8-7-15(2)16(3)13-17;1-13-8-10-22(11-9-13)19(23)18-5-3-4-17(21-18)15-7-6-14(2)16(20)12-15/h2-13,18H,14-17H2,1H3;4-8,13-14H,9-12H2,1-3H3;3-7,12-13H,8-11H2,1-2H3. The zero-order valence-corrected chi connectivity index (χ0v) is 43.8. The van der Waals surface area contributed by atoms with E-state index in [9.17, 15) is 18.8 Å². The van der Waals surface area contributed by atoms with E-state index in [1.165, 1.54) is 17.2 Å². The molecule has 0 saturated carbocycles. The summed E-state index contributed by atoms with van der Waals surface area (Å²) < 4.78 is 19.8. The van der Waals surface area contributed by atoms with Crippen LogP contribution in [0.25, 0.3) is 33.8 Å². The van der Waals surface area contributed by atoms with Crippen molar-refractivity contribution in [3.8, 4) is 45.3 Å². The molecule has 4 aromatic carbocycles. The van der Waals surface area contributed by atoms with Gasteiger partial charge in [-0.2, -0.15) is 0 Å². The third-order valence-electron chi connectivity index (χ3n) is 14.5. The van der Waals surface area contributed by atoms with Crippen LogP contribution in [-0.2, 0) is 0 Å².